The maximum absolute atomic E-state index is 12.7. The second-order valence-electron chi connectivity index (χ2n) is 9.27. The number of hydrogen-bond acceptors (Lipinski definition) is 5. The second-order valence-corrected chi connectivity index (χ2v) is 10.4. The van der Waals surface area contributed by atoms with E-state index in [1.54, 1.807) is 6.92 Å². The molecule has 31 heavy (non-hydrogen) atoms. The van der Waals surface area contributed by atoms with E-state index >= 15 is 0 Å². The number of carbonyl (C=O) groups excluding carboxylic acids is 2. The van der Waals surface area contributed by atoms with E-state index in [1.165, 1.54) is 16.2 Å². The number of fused-ring (bicyclic) bond motifs is 1. The highest BCUT2D eigenvalue weighted by Crippen LogP contribution is 2.44. The minimum atomic E-state index is -0.361. The van der Waals surface area contributed by atoms with Gasteiger partial charge in [0.2, 0.25) is 0 Å². The van der Waals surface area contributed by atoms with Crippen molar-refractivity contribution in [3.05, 3.63) is 45.3 Å². The number of benzene rings is 1. The Morgan fingerprint density at radius 3 is 2.65 bits per heavy atom. The predicted molar refractivity (Wildman–Crippen MR) is 125 cm³/mol. The largest absolute Gasteiger partial charge is 0.483 e. The third-order valence-corrected chi connectivity index (χ3v) is 7.31. The molecule has 1 N–H and O–H groups in total. The Kier molecular flexibility index (Phi) is 7.10. The number of carbonyl (C=O) groups is 2. The van der Waals surface area contributed by atoms with Crippen LogP contribution in [0.2, 0.25) is 0 Å². The molecular formula is C25H33NO4S. The van der Waals surface area contributed by atoms with Crippen molar-refractivity contribution in [1.82, 2.24) is 0 Å². The number of anilines is 1. The van der Waals surface area contributed by atoms with Gasteiger partial charge in [0.25, 0.3) is 5.91 Å². The molecule has 0 saturated carbocycles. The van der Waals surface area contributed by atoms with Gasteiger partial charge in [-0.2, -0.15) is 0 Å². The van der Waals surface area contributed by atoms with Gasteiger partial charge >= 0.3 is 5.97 Å². The molecule has 1 amide bonds. The van der Waals surface area contributed by atoms with Crippen LogP contribution < -0.4 is 10.1 Å². The van der Waals surface area contributed by atoms with Crippen molar-refractivity contribution < 1.29 is 19.1 Å². The predicted octanol–water partition coefficient (Wildman–Crippen LogP) is 5.71. The summed E-state index contributed by atoms with van der Waals surface area (Å²) in [6, 6.07) is 5.78. The first-order valence-electron chi connectivity index (χ1n) is 10.9. The van der Waals surface area contributed by atoms with E-state index in [0.717, 1.165) is 36.0 Å². The maximum atomic E-state index is 12.7. The van der Waals surface area contributed by atoms with Crippen LogP contribution in [0.1, 0.15) is 66.0 Å². The van der Waals surface area contributed by atoms with E-state index < -0.39 is 0 Å². The van der Waals surface area contributed by atoms with Gasteiger partial charge in [0.15, 0.2) is 6.61 Å². The summed E-state index contributed by atoms with van der Waals surface area (Å²) in [7, 11) is 0. The Hall–Kier alpha value is -2.34. The van der Waals surface area contributed by atoms with Crippen LogP contribution in [-0.2, 0) is 22.4 Å². The highest BCUT2D eigenvalue weighted by atomic mass is 32.1. The second kappa shape index (κ2) is 9.43. The topological polar surface area (TPSA) is 64.6 Å². The Labute approximate surface area is 189 Å². The quantitative estimate of drug-likeness (QED) is 0.581. The Balaban J connectivity index is 1.79. The van der Waals surface area contributed by atoms with E-state index in [0.29, 0.717) is 28.8 Å². The van der Waals surface area contributed by atoms with Gasteiger partial charge in [0.05, 0.1) is 12.2 Å². The minimum absolute atomic E-state index is 0.111. The number of nitrogens with one attached hydrogen (secondary N) is 1. The summed E-state index contributed by atoms with van der Waals surface area (Å²) in [4.78, 5) is 26.6. The van der Waals surface area contributed by atoms with Gasteiger partial charge in [-0.15, -0.1) is 11.3 Å². The van der Waals surface area contributed by atoms with Crippen LogP contribution in [0.5, 0.6) is 5.75 Å². The molecule has 0 aliphatic heterocycles. The summed E-state index contributed by atoms with van der Waals surface area (Å²) in [5, 5.41) is 3.50. The van der Waals surface area contributed by atoms with Crippen LogP contribution in [0, 0.1) is 25.2 Å². The first-order valence-corrected chi connectivity index (χ1v) is 11.7. The monoisotopic (exact) mass is 443 g/mol. The molecule has 1 aliphatic rings. The van der Waals surface area contributed by atoms with Crippen LogP contribution in [0.4, 0.5) is 5.00 Å². The lowest BCUT2D eigenvalue weighted by molar-refractivity contribution is -0.118. The molecule has 3 rings (SSSR count). The number of aryl methyl sites for hydroxylation is 1. The zero-order chi connectivity index (χ0) is 22.8. The molecule has 1 aliphatic carbocycles. The average Bonchev–Trinajstić information content (AvgIpc) is 3.05. The van der Waals surface area contributed by atoms with Crippen LogP contribution >= 0.6 is 11.3 Å². The molecule has 1 atom stereocenters. The molecular weight excluding hydrogens is 410 g/mol. The average molecular weight is 444 g/mol. The zero-order valence-electron chi connectivity index (χ0n) is 19.4. The summed E-state index contributed by atoms with van der Waals surface area (Å²) >= 11 is 1.50. The summed E-state index contributed by atoms with van der Waals surface area (Å²) in [6.07, 6.45) is 2.78. The normalized spacial score (nSPS) is 15.9. The SMILES string of the molecule is CCOC(=O)c1c(NC(=O)COc2cccc(C)c2C)sc2c1CCC(C(C)(C)C)C2. The van der Waals surface area contributed by atoms with Crippen molar-refractivity contribution in [2.75, 3.05) is 18.5 Å². The lowest BCUT2D eigenvalue weighted by Crippen LogP contribution is -2.26. The highest BCUT2D eigenvalue weighted by Gasteiger charge is 2.34. The number of esters is 1. The lowest BCUT2D eigenvalue weighted by atomic mass is 9.72. The van der Waals surface area contributed by atoms with Crippen molar-refractivity contribution in [2.24, 2.45) is 11.3 Å². The van der Waals surface area contributed by atoms with Crippen LogP contribution in [0.25, 0.3) is 0 Å². The van der Waals surface area contributed by atoms with Crippen molar-refractivity contribution >= 4 is 28.2 Å². The van der Waals surface area contributed by atoms with Crippen LogP contribution in [0.15, 0.2) is 18.2 Å². The zero-order valence-corrected chi connectivity index (χ0v) is 20.2. The van der Waals surface area contributed by atoms with Crippen molar-refractivity contribution in [1.29, 1.82) is 0 Å². The van der Waals surface area contributed by atoms with Crippen molar-refractivity contribution in [3.8, 4) is 5.75 Å². The Bertz CT molecular complexity index is 971. The van der Waals surface area contributed by atoms with Gasteiger partial charge in [0, 0.05) is 4.88 Å². The van der Waals surface area contributed by atoms with E-state index in [1.807, 2.05) is 32.0 Å². The molecule has 0 bridgehead atoms. The fraction of sp³-hybridized carbons (Fsp3) is 0.520. The van der Waals surface area contributed by atoms with Gasteiger partial charge < -0.3 is 14.8 Å². The van der Waals surface area contributed by atoms with Crippen molar-refractivity contribution in [3.63, 3.8) is 0 Å². The van der Waals surface area contributed by atoms with Gasteiger partial charge in [-0.25, -0.2) is 4.79 Å². The van der Waals surface area contributed by atoms with Gasteiger partial charge in [0.1, 0.15) is 10.8 Å². The fourth-order valence-electron chi connectivity index (χ4n) is 4.02. The summed E-state index contributed by atoms with van der Waals surface area (Å²) in [5.41, 5.74) is 3.89. The molecule has 6 heteroatoms. The van der Waals surface area contributed by atoms with E-state index in [-0.39, 0.29) is 23.9 Å². The molecule has 5 nitrogen and oxygen atoms in total. The maximum Gasteiger partial charge on any atom is 0.341 e. The standard InChI is InChI=1S/C25H33NO4S/c1-7-29-24(28)22-18-12-11-17(25(4,5)6)13-20(18)31-23(22)26-21(27)14-30-19-10-8-9-15(2)16(19)3/h8-10,17H,7,11-14H2,1-6H3,(H,26,27). The molecule has 168 valence electrons. The third kappa shape index (κ3) is 5.29. The molecule has 0 fully saturated rings. The molecule has 1 heterocycles. The lowest BCUT2D eigenvalue weighted by Gasteiger charge is -2.33. The van der Waals surface area contributed by atoms with E-state index in [2.05, 4.69) is 26.1 Å². The molecule has 1 unspecified atom stereocenters. The first kappa shape index (κ1) is 23.3. The molecule has 0 saturated heterocycles. The third-order valence-electron chi connectivity index (χ3n) is 6.14. The molecule has 0 spiro atoms. The van der Waals surface area contributed by atoms with Gasteiger partial charge in [-0.1, -0.05) is 32.9 Å². The van der Waals surface area contributed by atoms with Crippen LogP contribution in [0.3, 0.4) is 0 Å². The molecule has 1 aromatic carbocycles. The smallest absolute Gasteiger partial charge is 0.341 e. The summed E-state index contributed by atoms with van der Waals surface area (Å²) < 4.78 is 11.1. The highest BCUT2D eigenvalue weighted by molar-refractivity contribution is 7.17. The number of rotatable bonds is 6. The minimum Gasteiger partial charge on any atom is -0.483 e. The number of thiophene rings is 1. The van der Waals surface area contributed by atoms with Crippen molar-refractivity contribution in [2.45, 2.75) is 60.8 Å². The molecule has 2 aromatic rings. The molecule has 0 radical (unpaired) electrons. The number of ether oxygens (including phenoxy) is 2. The molecule has 1 aromatic heterocycles. The van der Waals surface area contributed by atoms with E-state index in [4.69, 9.17) is 9.47 Å². The fourth-order valence-corrected chi connectivity index (χ4v) is 5.35. The number of amides is 1. The van der Waals surface area contributed by atoms with Gasteiger partial charge in [-0.05, 0) is 74.1 Å². The van der Waals surface area contributed by atoms with Crippen LogP contribution in [-0.4, -0.2) is 25.1 Å². The van der Waals surface area contributed by atoms with Gasteiger partial charge in [-0.3, -0.25) is 4.79 Å². The summed E-state index contributed by atoms with van der Waals surface area (Å²) in [5.74, 6) is 0.599. The first-order chi connectivity index (χ1) is 14.6. The summed E-state index contributed by atoms with van der Waals surface area (Å²) in [6.45, 7) is 12.7. The Morgan fingerprint density at radius 2 is 1.97 bits per heavy atom. The number of hydrogen-bond donors (Lipinski definition) is 1. The Morgan fingerprint density at radius 1 is 1.23 bits per heavy atom. The van der Waals surface area contributed by atoms with E-state index in [9.17, 15) is 9.59 Å².